The highest BCUT2D eigenvalue weighted by Crippen LogP contribution is 2.27. The largest absolute Gasteiger partial charge is 0.489 e. The molecule has 1 heterocycles. The molecule has 0 saturated heterocycles. The van der Waals surface area contributed by atoms with Crippen LogP contribution in [0.5, 0.6) is 5.75 Å². The molecule has 0 spiro atoms. The zero-order valence-electron chi connectivity index (χ0n) is 16.3. The Kier molecular flexibility index (Phi) is 5.16. The molecule has 4 aromatic rings. The second-order valence-electron chi connectivity index (χ2n) is 7.22. The normalized spacial score (nSPS) is 11.2. The van der Waals surface area contributed by atoms with Gasteiger partial charge in [-0.05, 0) is 53.8 Å². The molecule has 3 aromatic carbocycles. The van der Waals surface area contributed by atoms with Crippen molar-refractivity contribution in [2.45, 2.75) is 39.7 Å². The van der Waals surface area contributed by atoms with Crippen molar-refractivity contribution in [1.82, 2.24) is 0 Å². The van der Waals surface area contributed by atoms with E-state index in [4.69, 9.17) is 9.15 Å². The summed E-state index contributed by atoms with van der Waals surface area (Å²) in [6.07, 6.45) is 3.03. The Bertz CT molecular complexity index is 1190. The van der Waals surface area contributed by atoms with Crippen molar-refractivity contribution < 1.29 is 9.15 Å². The maximum atomic E-state index is 11.9. The van der Waals surface area contributed by atoms with Gasteiger partial charge >= 0.3 is 5.63 Å². The molecule has 3 heteroatoms. The number of unbranched alkanes of at least 4 members (excludes halogenated alkanes) is 1. The summed E-state index contributed by atoms with van der Waals surface area (Å²) in [5.41, 5.74) is 3.71. The summed E-state index contributed by atoms with van der Waals surface area (Å²) in [5.74, 6) is 0.704. The van der Waals surface area contributed by atoms with Crippen molar-refractivity contribution in [2.24, 2.45) is 0 Å². The number of aryl methyl sites for hydroxylation is 2. The lowest BCUT2D eigenvalue weighted by Crippen LogP contribution is -2.02. The van der Waals surface area contributed by atoms with Gasteiger partial charge in [0.1, 0.15) is 17.9 Å². The van der Waals surface area contributed by atoms with Gasteiger partial charge in [0.25, 0.3) is 0 Å². The zero-order valence-corrected chi connectivity index (χ0v) is 16.3. The summed E-state index contributed by atoms with van der Waals surface area (Å²) in [6.45, 7) is 4.72. The molecule has 0 bridgehead atoms. The third-order valence-corrected chi connectivity index (χ3v) is 5.26. The van der Waals surface area contributed by atoms with Crippen LogP contribution in [0.15, 0.2) is 69.9 Å². The Morgan fingerprint density at radius 2 is 1.82 bits per heavy atom. The number of ether oxygens (including phenoxy) is 1. The van der Waals surface area contributed by atoms with Crippen molar-refractivity contribution in [2.75, 3.05) is 0 Å². The van der Waals surface area contributed by atoms with Gasteiger partial charge in [-0.25, -0.2) is 4.79 Å². The van der Waals surface area contributed by atoms with Gasteiger partial charge in [0.2, 0.25) is 0 Å². The van der Waals surface area contributed by atoms with Gasteiger partial charge in [-0.2, -0.15) is 0 Å². The van der Waals surface area contributed by atoms with E-state index < -0.39 is 0 Å². The molecule has 3 nitrogen and oxygen atoms in total. The van der Waals surface area contributed by atoms with Crippen LogP contribution in [0, 0.1) is 6.92 Å². The van der Waals surface area contributed by atoms with E-state index in [9.17, 15) is 4.79 Å². The molecular weight excluding hydrogens is 348 g/mol. The Morgan fingerprint density at radius 3 is 2.68 bits per heavy atom. The lowest BCUT2D eigenvalue weighted by atomic mass is 10.0. The minimum atomic E-state index is -0.305. The summed E-state index contributed by atoms with van der Waals surface area (Å²) >= 11 is 0. The number of hydrogen-bond donors (Lipinski definition) is 0. The van der Waals surface area contributed by atoms with Crippen LogP contribution in [0.3, 0.4) is 0 Å². The fourth-order valence-corrected chi connectivity index (χ4v) is 3.67. The molecule has 0 aliphatic carbocycles. The molecule has 0 amide bonds. The van der Waals surface area contributed by atoms with E-state index in [2.05, 4.69) is 38.1 Å². The second kappa shape index (κ2) is 7.89. The summed E-state index contributed by atoms with van der Waals surface area (Å²) < 4.78 is 11.5. The minimum Gasteiger partial charge on any atom is -0.489 e. The van der Waals surface area contributed by atoms with Gasteiger partial charge in [-0.3, -0.25) is 0 Å². The number of benzene rings is 3. The maximum absolute atomic E-state index is 11.9. The molecule has 0 fully saturated rings. The molecule has 142 valence electrons. The van der Waals surface area contributed by atoms with Crippen molar-refractivity contribution in [1.29, 1.82) is 0 Å². The predicted octanol–water partition coefficient (Wildman–Crippen LogP) is 6.18. The van der Waals surface area contributed by atoms with Gasteiger partial charge in [-0.15, -0.1) is 0 Å². The Hall–Kier alpha value is -3.07. The molecule has 0 unspecified atom stereocenters. The molecule has 1 aromatic heterocycles. The van der Waals surface area contributed by atoms with Crippen LogP contribution in [0.25, 0.3) is 21.7 Å². The maximum Gasteiger partial charge on any atom is 0.336 e. The van der Waals surface area contributed by atoms with Gasteiger partial charge in [0.15, 0.2) is 0 Å². The van der Waals surface area contributed by atoms with E-state index in [0.29, 0.717) is 17.9 Å². The molecular formula is C25H24O3. The summed E-state index contributed by atoms with van der Waals surface area (Å²) in [6, 6.07) is 20.0. The number of rotatable bonds is 6. The van der Waals surface area contributed by atoms with Crippen LogP contribution in [0.1, 0.15) is 36.5 Å². The summed E-state index contributed by atoms with van der Waals surface area (Å²) in [4.78, 5) is 11.9. The lowest BCUT2D eigenvalue weighted by Gasteiger charge is -2.13. The van der Waals surface area contributed by atoms with Crippen molar-refractivity contribution in [3.05, 3.63) is 87.8 Å². The molecule has 0 atom stereocenters. The van der Waals surface area contributed by atoms with Crippen LogP contribution in [-0.4, -0.2) is 0 Å². The average molecular weight is 372 g/mol. The number of hydrogen-bond acceptors (Lipinski definition) is 3. The number of fused-ring (bicyclic) bond motifs is 2. The first-order valence-electron chi connectivity index (χ1n) is 9.82. The molecule has 0 aliphatic heterocycles. The third kappa shape index (κ3) is 3.65. The van der Waals surface area contributed by atoms with Gasteiger partial charge in [-0.1, -0.05) is 49.7 Å². The summed E-state index contributed by atoms with van der Waals surface area (Å²) in [7, 11) is 0. The topological polar surface area (TPSA) is 39.4 Å². The zero-order chi connectivity index (χ0) is 19.5. The van der Waals surface area contributed by atoms with E-state index in [0.717, 1.165) is 30.2 Å². The van der Waals surface area contributed by atoms with Crippen molar-refractivity contribution in [3.63, 3.8) is 0 Å². The fraction of sp³-hybridized carbons (Fsp3) is 0.240. The van der Waals surface area contributed by atoms with Crippen LogP contribution in [0.4, 0.5) is 0 Å². The Morgan fingerprint density at radius 1 is 0.964 bits per heavy atom. The van der Waals surface area contributed by atoms with E-state index in [1.165, 1.54) is 21.9 Å². The quantitative estimate of drug-likeness (QED) is 0.380. The van der Waals surface area contributed by atoms with Gasteiger partial charge in [0, 0.05) is 23.1 Å². The molecule has 0 radical (unpaired) electrons. The molecule has 0 N–H and O–H groups in total. The molecule has 0 saturated carbocycles. The first-order chi connectivity index (χ1) is 13.7. The monoisotopic (exact) mass is 372 g/mol. The van der Waals surface area contributed by atoms with E-state index in [1.54, 1.807) is 6.07 Å². The highest BCUT2D eigenvalue weighted by molar-refractivity contribution is 5.86. The average Bonchev–Trinajstić information content (AvgIpc) is 2.71. The second-order valence-corrected chi connectivity index (χ2v) is 7.22. The summed E-state index contributed by atoms with van der Waals surface area (Å²) in [5, 5.41) is 3.40. The highest BCUT2D eigenvalue weighted by atomic mass is 16.5. The highest BCUT2D eigenvalue weighted by Gasteiger charge is 2.09. The molecule has 0 aliphatic rings. The third-order valence-electron chi connectivity index (χ3n) is 5.26. The van der Waals surface area contributed by atoms with Crippen LogP contribution in [0.2, 0.25) is 0 Å². The van der Waals surface area contributed by atoms with Crippen LogP contribution < -0.4 is 10.4 Å². The van der Waals surface area contributed by atoms with E-state index in [-0.39, 0.29) is 5.63 Å². The predicted molar refractivity (Wildman–Crippen MR) is 114 cm³/mol. The fourth-order valence-electron chi connectivity index (χ4n) is 3.67. The first kappa shape index (κ1) is 18.3. The van der Waals surface area contributed by atoms with Crippen molar-refractivity contribution in [3.8, 4) is 5.75 Å². The first-order valence-corrected chi connectivity index (χ1v) is 9.82. The lowest BCUT2D eigenvalue weighted by molar-refractivity contribution is 0.307. The van der Waals surface area contributed by atoms with E-state index >= 15 is 0 Å². The van der Waals surface area contributed by atoms with E-state index in [1.807, 2.05) is 30.3 Å². The SMILES string of the molecule is CCCCc1cc(=O)oc2cc(OCc3c(C)ccc4ccccc34)ccc12. The smallest absolute Gasteiger partial charge is 0.336 e. The standard InChI is InChI=1S/C25H24O3/c1-3-4-7-19-14-25(26)28-24-15-20(12-13-22(19)24)27-16-23-17(2)10-11-18-8-5-6-9-21(18)23/h5-6,8-15H,3-4,7,16H2,1-2H3. The van der Waals surface area contributed by atoms with Gasteiger partial charge < -0.3 is 9.15 Å². The van der Waals surface area contributed by atoms with Crippen molar-refractivity contribution >= 4 is 21.7 Å². The molecule has 28 heavy (non-hydrogen) atoms. The van der Waals surface area contributed by atoms with Crippen LogP contribution in [-0.2, 0) is 13.0 Å². The van der Waals surface area contributed by atoms with Gasteiger partial charge in [0.05, 0.1) is 0 Å². The minimum absolute atomic E-state index is 0.305. The Labute approximate surface area is 164 Å². The molecule has 4 rings (SSSR count). The van der Waals surface area contributed by atoms with Crippen LogP contribution >= 0.6 is 0 Å². The Balaban J connectivity index is 1.64.